The van der Waals surface area contributed by atoms with Gasteiger partial charge in [0.1, 0.15) is 10.7 Å². The first-order chi connectivity index (χ1) is 14.2. The number of hydrogen-bond donors (Lipinski definition) is 2. The summed E-state index contributed by atoms with van der Waals surface area (Å²) >= 11 is 4.90. The molecule has 0 aliphatic heterocycles. The lowest BCUT2D eigenvalue weighted by atomic mass is 9.97. The summed E-state index contributed by atoms with van der Waals surface area (Å²) in [6, 6.07) is 7.80. The number of benzene rings is 1. The number of carbonyl (C=O) groups is 1. The van der Waals surface area contributed by atoms with Crippen molar-refractivity contribution in [2.75, 3.05) is 17.3 Å². The van der Waals surface area contributed by atoms with Crippen molar-refractivity contribution in [1.29, 1.82) is 0 Å². The Morgan fingerprint density at radius 1 is 1.28 bits per heavy atom. The largest absolute Gasteiger partial charge is 0.325 e. The third-order valence-corrected chi connectivity index (χ3v) is 7.92. The number of nitrogens with zero attached hydrogens (tertiary/aromatic N) is 1. The van der Waals surface area contributed by atoms with Gasteiger partial charge in [-0.05, 0) is 49.6 Å². The molecule has 0 atom stereocenters. The van der Waals surface area contributed by atoms with Crippen molar-refractivity contribution in [2.45, 2.75) is 42.8 Å². The Bertz CT molecular complexity index is 1090. The van der Waals surface area contributed by atoms with E-state index in [0.717, 1.165) is 40.1 Å². The zero-order valence-electron chi connectivity index (χ0n) is 16.2. The summed E-state index contributed by atoms with van der Waals surface area (Å²) in [6.07, 6.45) is 6.82. The van der Waals surface area contributed by atoms with Gasteiger partial charge in [0.25, 0.3) is 5.56 Å². The fourth-order valence-corrected chi connectivity index (χ4v) is 6.21. The van der Waals surface area contributed by atoms with Gasteiger partial charge in [-0.25, -0.2) is 4.98 Å². The van der Waals surface area contributed by atoms with Crippen LogP contribution in [0.5, 0.6) is 0 Å². The number of nitrogens with one attached hydrogen (secondary N) is 2. The number of hydrogen-bond acceptors (Lipinski definition) is 6. The van der Waals surface area contributed by atoms with E-state index in [0.29, 0.717) is 23.8 Å². The smallest absolute Gasteiger partial charge is 0.259 e. The Morgan fingerprint density at radius 3 is 2.97 bits per heavy atom. The van der Waals surface area contributed by atoms with E-state index in [1.165, 1.54) is 16.9 Å². The third kappa shape index (κ3) is 4.70. The summed E-state index contributed by atoms with van der Waals surface area (Å²) < 4.78 is 0. The van der Waals surface area contributed by atoms with Gasteiger partial charge in [-0.3, -0.25) is 9.59 Å². The molecule has 1 amide bonds. The second-order valence-corrected chi connectivity index (χ2v) is 9.99. The van der Waals surface area contributed by atoms with E-state index >= 15 is 0 Å². The number of carbonyl (C=O) groups excluding carboxylic acids is 1. The van der Waals surface area contributed by atoms with Crippen molar-refractivity contribution in [1.82, 2.24) is 9.97 Å². The molecule has 0 radical (unpaired) electrons. The minimum Gasteiger partial charge on any atom is -0.325 e. The van der Waals surface area contributed by atoms with Crippen LogP contribution in [0.2, 0.25) is 0 Å². The van der Waals surface area contributed by atoms with Crippen molar-refractivity contribution >= 4 is 56.7 Å². The van der Waals surface area contributed by atoms with Crippen molar-refractivity contribution < 1.29 is 4.79 Å². The van der Waals surface area contributed by atoms with Gasteiger partial charge in [0.05, 0.1) is 16.8 Å². The minimum atomic E-state index is -0.0172. The molecule has 0 unspecified atom stereocenters. The Balaban J connectivity index is 1.33. The first-order valence-corrected chi connectivity index (χ1v) is 12.9. The van der Waals surface area contributed by atoms with Crippen molar-refractivity contribution in [3.63, 3.8) is 0 Å². The monoisotopic (exact) mass is 445 g/mol. The summed E-state index contributed by atoms with van der Waals surface area (Å²) in [7, 11) is 0. The Labute approximate surface area is 182 Å². The van der Waals surface area contributed by atoms with Crippen LogP contribution in [0.3, 0.4) is 0 Å². The quantitative estimate of drug-likeness (QED) is 0.402. The van der Waals surface area contributed by atoms with Gasteiger partial charge < -0.3 is 10.3 Å². The zero-order chi connectivity index (χ0) is 20.2. The summed E-state index contributed by atoms with van der Waals surface area (Å²) in [6.45, 7) is 0. The van der Waals surface area contributed by atoms with Crippen LogP contribution in [0.4, 0.5) is 5.69 Å². The van der Waals surface area contributed by atoms with Crippen LogP contribution < -0.4 is 10.9 Å². The van der Waals surface area contributed by atoms with Crippen LogP contribution in [0.25, 0.3) is 10.2 Å². The molecule has 2 aromatic heterocycles. The van der Waals surface area contributed by atoms with E-state index in [2.05, 4.69) is 15.3 Å². The van der Waals surface area contributed by atoms with E-state index in [4.69, 9.17) is 0 Å². The molecule has 5 nitrogen and oxygen atoms in total. The van der Waals surface area contributed by atoms with Gasteiger partial charge in [-0.2, -0.15) is 11.8 Å². The number of para-hydroxylation sites is 1. The maximum atomic E-state index is 12.6. The molecule has 1 aliphatic carbocycles. The first kappa shape index (κ1) is 20.5. The molecule has 29 heavy (non-hydrogen) atoms. The fourth-order valence-electron chi connectivity index (χ4n) is 3.57. The lowest BCUT2D eigenvalue weighted by molar-refractivity contribution is -0.115. The first-order valence-electron chi connectivity index (χ1n) is 9.69. The highest BCUT2D eigenvalue weighted by atomic mass is 32.2. The molecule has 4 rings (SSSR count). The Hall–Kier alpha value is -1.77. The van der Waals surface area contributed by atoms with Crippen molar-refractivity contribution in [2.24, 2.45) is 0 Å². The highest BCUT2D eigenvalue weighted by Crippen LogP contribution is 2.33. The highest BCUT2D eigenvalue weighted by molar-refractivity contribution is 7.98. The lowest BCUT2D eigenvalue weighted by Crippen LogP contribution is -2.14. The maximum absolute atomic E-state index is 12.6. The van der Waals surface area contributed by atoms with Crippen LogP contribution in [0, 0.1) is 0 Å². The SMILES string of the molecule is CSc1ccccc1NC(=O)CCSCc1nc2sc3c(c2c(=O)[nH]1)CCCC3. The average molecular weight is 446 g/mol. The molecule has 0 saturated carbocycles. The predicted octanol–water partition coefficient (Wildman–Crippen LogP) is 4.85. The number of aromatic nitrogens is 2. The molecule has 2 heterocycles. The molecule has 1 aliphatic rings. The number of H-pyrrole nitrogens is 1. The molecule has 0 spiro atoms. The maximum Gasteiger partial charge on any atom is 0.259 e. The predicted molar refractivity (Wildman–Crippen MR) is 125 cm³/mol. The van der Waals surface area contributed by atoms with E-state index in [1.807, 2.05) is 30.5 Å². The summed E-state index contributed by atoms with van der Waals surface area (Å²) in [5, 5.41) is 3.77. The van der Waals surface area contributed by atoms with E-state index in [1.54, 1.807) is 34.9 Å². The molecule has 0 bridgehead atoms. The summed E-state index contributed by atoms with van der Waals surface area (Å²) in [5.74, 6) is 1.97. The number of aromatic amines is 1. The van der Waals surface area contributed by atoms with Crippen LogP contribution in [-0.4, -0.2) is 27.9 Å². The van der Waals surface area contributed by atoms with Crippen LogP contribution >= 0.6 is 34.9 Å². The second kappa shape index (κ2) is 9.36. The molecule has 2 N–H and O–H groups in total. The number of anilines is 1. The molecule has 152 valence electrons. The van der Waals surface area contributed by atoms with Gasteiger partial charge in [0, 0.05) is 21.9 Å². The van der Waals surface area contributed by atoms with Crippen LogP contribution in [0.15, 0.2) is 34.0 Å². The molecule has 0 fully saturated rings. The van der Waals surface area contributed by atoms with Gasteiger partial charge >= 0.3 is 0 Å². The van der Waals surface area contributed by atoms with Gasteiger partial charge in [0.2, 0.25) is 5.91 Å². The van der Waals surface area contributed by atoms with Crippen molar-refractivity contribution in [3.8, 4) is 0 Å². The third-order valence-electron chi connectivity index (χ3n) is 4.97. The highest BCUT2D eigenvalue weighted by Gasteiger charge is 2.19. The minimum absolute atomic E-state index is 0.00170. The van der Waals surface area contributed by atoms with Gasteiger partial charge in [-0.15, -0.1) is 23.1 Å². The van der Waals surface area contributed by atoms with Crippen LogP contribution in [-0.2, 0) is 23.4 Å². The van der Waals surface area contributed by atoms with E-state index in [-0.39, 0.29) is 11.5 Å². The summed E-state index contributed by atoms with van der Waals surface area (Å²) in [5.41, 5.74) is 2.05. The average Bonchev–Trinajstić information content (AvgIpc) is 3.10. The van der Waals surface area contributed by atoms with Crippen molar-refractivity contribution in [3.05, 3.63) is 50.9 Å². The lowest BCUT2D eigenvalue weighted by Gasteiger charge is -2.09. The molecule has 0 saturated heterocycles. The Kier molecular flexibility index (Phi) is 6.62. The van der Waals surface area contributed by atoms with Crippen LogP contribution in [0.1, 0.15) is 35.5 Å². The molecular weight excluding hydrogens is 422 g/mol. The summed E-state index contributed by atoms with van der Waals surface area (Å²) in [4.78, 5) is 35.7. The van der Waals surface area contributed by atoms with Gasteiger partial charge in [0.15, 0.2) is 0 Å². The van der Waals surface area contributed by atoms with Gasteiger partial charge in [-0.1, -0.05) is 12.1 Å². The number of fused-ring (bicyclic) bond motifs is 3. The number of amides is 1. The fraction of sp³-hybridized carbons (Fsp3) is 0.381. The number of rotatable bonds is 7. The number of thiophene rings is 1. The topological polar surface area (TPSA) is 74.8 Å². The standard InChI is InChI=1S/C21H23N3O2S3/c1-27-16-9-5-3-7-14(16)22-18(25)10-11-28-12-17-23-20(26)19-13-6-2-4-8-15(13)29-21(19)24-17/h3,5,7,9H,2,4,6,8,10-12H2,1H3,(H,22,25)(H,23,24,26). The normalized spacial score (nSPS) is 13.4. The molecule has 8 heteroatoms. The molecular formula is C21H23N3O2S3. The Morgan fingerprint density at radius 2 is 2.10 bits per heavy atom. The molecule has 3 aromatic rings. The second-order valence-electron chi connectivity index (χ2n) is 6.95. The number of aryl methyl sites for hydroxylation is 2. The number of thioether (sulfide) groups is 2. The van der Waals surface area contributed by atoms with E-state index in [9.17, 15) is 9.59 Å². The molecule has 1 aromatic carbocycles. The van der Waals surface area contributed by atoms with E-state index < -0.39 is 0 Å². The zero-order valence-corrected chi connectivity index (χ0v) is 18.7.